The minimum Gasteiger partial charge on any atom is -0.466 e. The second-order valence-corrected chi connectivity index (χ2v) is 5.04. The van der Waals surface area contributed by atoms with Crippen LogP contribution < -0.4 is 0 Å². The minimum atomic E-state index is -0.0646. The monoisotopic (exact) mass is 210 g/mol. The highest BCUT2D eigenvalue weighted by atomic mass is 16.5. The third-order valence-corrected chi connectivity index (χ3v) is 3.42. The van der Waals surface area contributed by atoms with Crippen LogP contribution in [0.1, 0.15) is 47.0 Å². The van der Waals surface area contributed by atoms with Crippen molar-refractivity contribution in [2.24, 2.45) is 11.3 Å². The van der Waals surface area contributed by atoms with E-state index in [0.717, 1.165) is 12.8 Å². The smallest absolute Gasteiger partial charge is 0.306 e. The van der Waals surface area contributed by atoms with Crippen molar-refractivity contribution < 1.29 is 9.53 Å². The quantitative estimate of drug-likeness (QED) is 0.527. The summed E-state index contributed by atoms with van der Waals surface area (Å²) in [6.45, 7) is 8.95. The van der Waals surface area contributed by atoms with Crippen molar-refractivity contribution >= 4 is 5.97 Å². The largest absolute Gasteiger partial charge is 0.466 e. The van der Waals surface area contributed by atoms with Gasteiger partial charge in [-0.2, -0.15) is 0 Å². The Labute approximate surface area is 92.7 Å². The van der Waals surface area contributed by atoms with Crippen LogP contribution in [0.5, 0.6) is 0 Å². The highest BCUT2D eigenvalue weighted by Crippen LogP contribution is 2.42. The fraction of sp³-hybridized carbons (Fsp3) is 0.769. The first-order valence-electron chi connectivity index (χ1n) is 5.79. The molecule has 86 valence electrons. The molecule has 0 spiro atoms. The molecule has 15 heavy (non-hydrogen) atoms. The number of allylic oxidation sites excluding steroid dienone is 2. The zero-order chi connectivity index (χ0) is 11.5. The Morgan fingerprint density at radius 3 is 2.80 bits per heavy atom. The van der Waals surface area contributed by atoms with Gasteiger partial charge in [-0.05, 0) is 38.0 Å². The zero-order valence-electron chi connectivity index (χ0n) is 10.3. The normalized spacial score (nSPS) is 24.5. The molecule has 0 aromatic heterocycles. The molecule has 0 aliphatic heterocycles. The van der Waals surface area contributed by atoms with Crippen LogP contribution in [0.2, 0.25) is 0 Å². The maximum Gasteiger partial charge on any atom is 0.306 e. The van der Waals surface area contributed by atoms with Gasteiger partial charge in [0.2, 0.25) is 0 Å². The standard InChI is InChI=1S/C13H22O2/c1-5-15-12(14)9-11-10(2)7-6-8-13(11,3)4/h7,11H,5-6,8-9H2,1-4H3/t11-/m1/s1. The van der Waals surface area contributed by atoms with E-state index in [9.17, 15) is 4.79 Å². The molecule has 0 bridgehead atoms. The van der Waals surface area contributed by atoms with Crippen molar-refractivity contribution in [1.29, 1.82) is 0 Å². The summed E-state index contributed by atoms with van der Waals surface area (Å²) in [6.07, 6.45) is 5.09. The number of rotatable bonds is 3. The Kier molecular flexibility index (Phi) is 3.95. The molecule has 2 heteroatoms. The van der Waals surface area contributed by atoms with Crippen molar-refractivity contribution in [3.63, 3.8) is 0 Å². The van der Waals surface area contributed by atoms with E-state index in [4.69, 9.17) is 4.74 Å². The second-order valence-electron chi connectivity index (χ2n) is 5.04. The molecule has 0 heterocycles. The summed E-state index contributed by atoms with van der Waals surface area (Å²) in [6, 6.07) is 0. The van der Waals surface area contributed by atoms with E-state index >= 15 is 0 Å². The lowest BCUT2D eigenvalue weighted by atomic mass is 9.67. The van der Waals surface area contributed by atoms with Crippen molar-refractivity contribution in [3.8, 4) is 0 Å². The third-order valence-electron chi connectivity index (χ3n) is 3.42. The number of hydrogen-bond acceptors (Lipinski definition) is 2. The van der Waals surface area contributed by atoms with Crippen LogP contribution in [0.3, 0.4) is 0 Å². The number of carbonyl (C=O) groups excluding carboxylic acids is 1. The predicted octanol–water partition coefficient (Wildman–Crippen LogP) is 3.32. The lowest BCUT2D eigenvalue weighted by Gasteiger charge is -2.37. The van der Waals surface area contributed by atoms with Crippen molar-refractivity contribution in [2.45, 2.75) is 47.0 Å². The molecule has 1 rings (SSSR count). The molecular formula is C13H22O2. The summed E-state index contributed by atoms with van der Waals surface area (Å²) in [5.74, 6) is 0.288. The molecule has 0 aromatic carbocycles. The van der Waals surface area contributed by atoms with Gasteiger partial charge < -0.3 is 4.74 Å². The molecule has 0 saturated carbocycles. The molecule has 0 radical (unpaired) electrons. The molecular weight excluding hydrogens is 188 g/mol. The molecule has 1 atom stereocenters. The van der Waals surface area contributed by atoms with Crippen molar-refractivity contribution in [2.75, 3.05) is 6.61 Å². The van der Waals surface area contributed by atoms with E-state index in [2.05, 4.69) is 26.8 Å². The summed E-state index contributed by atoms with van der Waals surface area (Å²) >= 11 is 0. The molecule has 1 aliphatic rings. The number of ether oxygens (including phenoxy) is 1. The highest BCUT2D eigenvalue weighted by Gasteiger charge is 2.34. The molecule has 0 aromatic rings. The first kappa shape index (κ1) is 12.3. The average Bonchev–Trinajstić information content (AvgIpc) is 2.12. The lowest BCUT2D eigenvalue weighted by Crippen LogP contribution is -2.30. The van der Waals surface area contributed by atoms with E-state index in [0.29, 0.717) is 18.9 Å². The van der Waals surface area contributed by atoms with Gasteiger partial charge >= 0.3 is 5.97 Å². The average molecular weight is 210 g/mol. The van der Waals surface area contributed by atoms with Gasteiger partial charge in [-0.25, -0.2) is 0 Å². The Morgan fingerprint density at radius 2 is 2.27 bits per heavy atom. The lowest BCUT2D eigenvalue weighted by molar-refractivity contribution is -0.145. The van der Waals surface area contributed by atoms with E-state index in [1.807, 2.05) is 6.92 Å². The van der Waals surface area contributed by atoms with Gasteiger partial charge in [0.1, 0.15) is 0 Å². The topological polar surface area (TPSA) is 26.3 Å². The SMILES string of the molecule is CCOC(=O)C[C@@H]1C(C)=CCCC1(C)C. The summed E-state index contributed by atoms with van der Waals surface area (Å²) in [5, 5.41) is 0. The van der Waals surface area contributed by atoms with Crippen LogP contribution in [0.4, 0.5) is 0 Å². The molecule has 0 saturated heterocycles. The van der Waals surface area contributed by atoms with Crippen LogP contribution in [-0.4, -0.2) is 12.6 Å². The number of esters is 1. The van der Waals surface area contributed by atoms with Gasteiger partial charge in [0, 0.05) is 0 Å². The molecule has 0 unspecified atom stereocenters. The molecule has 0 fully saturated rings. The summed E-state index contributed by atoms with van der Waals surface area (Å²) in [7, 11) is 0. The summed E-state index contributed by atoms with van der Waals surface area (Å²) in [4.78, 5) is 11.5. The molecule has 0 N–H and O–H groups in total. The fourth-order valence-electron chi connectivity index (χ4n) is 2.43. The highest BCUT2D eigenvalue weighted by molar-refractivity contribution is 5.70. The van der Waals surface area contributed by atoms with E-state index in [-0.39, 0.29) is 11.4 Å². The second kappa shape index (κ2) is 4.82. The van der Waals surface area contributed by atoms with Crippen molar-refractivity contribution in [3.05, 3.63) is 11.6 Å². The maximum atomic E-state index is 11.5. The Bertz CT molecular complexity index is 264. The molecule has 2 nitrogen and oxygen atoms in total. The van der Waals surface area contributed by atoms with Crippen LogP contribution >= 0.6 is 0 Å². The van der Waals surface area contributed by atoms with Gasteiger partial charge in [0.25, 0.3) is 0 Å². The number of carbonyl (C=O) groups is 1. The van der Waals surface area contributed by atoms with Gasteiger partial charge in [0.15, 0.2) is 0 Å². The third kappa shape index (κ3) is 3.08. The first-order valence-corrected chi connectivity index (χ1v) is 5.79. The van der Waals surface area contributed by atoms with Gasteiger partial charge in [-0.3, -0.25) is 4.79 Å². The van der Waals surface area contributed by atoms with Crippen LogP contribution in [0.15, 0.2) is 11.6 Å². The Morgan fingerprint density at radius 1 is 1.60 bits per heavy atom. The summed E-state index contributed by atoms with van der Waals surface area (Å²) < 4.78 is 5.02. The van der Waals surface area contributed by atoms with Crippen LogP contribution in [-0.2, 0) is 9.53 Å². The van der Waals surface area contributed by atoms with Gasteiger partial charge in [0.05, 0.1) is 13.0 Å². The van der Waals surface area contributed by atoms with E-state index < -0.39 is 0 Å². The minimum absolute atomic E-state index is 0.0646. The maximum absolute atomic E-state index is 11.5. The first-order chi connectivity index (χ1) is 6.97. The van der Waals surface area contributed by atoms with Crippen LogP contribution in [0.25, 0.3) is 0 Å². The Balaban J connectivity index is 2.68. The number of hydrogen-bond donors (Lipinski definition) is 0. The summed E-state index contributed by atoms with van der Waals surface area (Å²) in [5.41, 5.74) is 1.57. The molecule has 1 aliphatic carbocycles. The van der Waals surface area contributed by atoms with Gasteiger partial charge in [-0.15, -0.1) is 0 Å². The Hall–Kier alpha value is -0.790. The predicted molar refractivity (Wildman–Crippen MR) is 61.5 cm³/mol. The van der Waals surface area contributed by atoms with E-state index in [1.54, 1.807) is 0 Å². The fourth-order valence-corrected chi connectivity index (χ4v) is 2.43. The van der Waals surface area contributed by atoms with Crippen LogP contribution in [0, 0.1) is 11.3 Å². The molecule has 0 amide bonds. The van der Waals surface area contributed by atoms with Crippen molar-refractivity contribution in [1.82, 2.24) is 0 Å². The zero-order valence-corrected chi connectivity index (χ0v) is 10.3. The van der Waals surface area contributed by atoms with Gasteiger partial charge in [-0.1, -0.05) is 25.5 Å². The van der Waals surface area contributed by atoms with E-state index in [1.165, 1.54) is 5.57 Å².